The lowest BCUT2D eigenvalue weighted by atomic mass is 10.1. The van der Waals surface area contributed by atoms with Gasteiger partial charge in [0.15, 0.2) is 9.84 Å². The van der Waals surface area contributed by atoms with Crippen LogP contribution in [0.1, 0.15) is 33.6 Å². The van der Waals surface area contributed by atoms with E-state index in [9.17, 15) is 8.42 Å². The lowest BCUT2D eigenvalue weighted by Gasteiger charge is -2.09. The smallest absolute Gasteiger partial charge is 0.175 e. The van der Waals surface area contributed by atoms with Crippen LogP contribution >= 0.6 is 0 Å². The van der Waals surface area contributed by atoms with E-state index in [0.717, 1.165) is 18.4 Å². The van der Waals surface area contributed by atoms with Crippen molar-refractivity contribution in [2.24, 2.45) is 0 Å². The van der Waals surface area contributed by atoms with E-state index in [1.807, 2.05) is 26.8 Å². The molecule has 1 rings (SSSR count). The molecule has 3 heteroatoms. The van der Waals surface area contributed by atoms with E-state index in [4.69, 9.17) is 0 Å². The summed E-state index contributed by atoms with van der Waals surface area (Å²) in [5.74, 6) is 0. The van der Waals surface area contributed by atoms with E-state index in [0.29, 0.717) is 4.91 Å². The Bertz CT molecular complexity index is 308. The highest BCUT2D eigenvalue weighted by atomic mass is 32.2. The quantitative estimate of drug-likeness (QED) is 0.655. The summed E-state index contributed by atoms with van der Waals surface area (Å²) < 4.78 is 22.2. The van der Waals surface area contributed by atoms with Gasteiger partial charge in [-0.05, 0) is 25.3 Å². The predicted molar refractivity (Wildman–Crippen MR) is 57.3 cm³/mol. The molecular weight excluding hydrogens is 184 g/mol. The Morgan fingerprint density at radius 3 is 1.92 bits per heavy atom. The predicted octanol–water partition coefficient (Wildman–Crippen LogP) is 2.68. The summed E-state index contributed by atoms with van der Waals surface area (Å²) in [4.78, 5) is 0.503. The standard InChI is InChI=1S/C8H12O2S.C2H6/c1-7-5-3-4-6-8(7)11(2,9)10;1-2/h5-6H,3-4H2,1-2H3;1-2H3. The first-order chi connectivity index (χ1) is 6.02. The molecule has 0 spiro atoms. The molecule has 76 valence electrons. The van der Waals surface area contributed by atoms with Gasteiger partial charge in [-0.3, -0.25) is 0 Å². The van der Waals surface area contributed by atoms with Crippen molar-refractivity contribution in [3.8, 4) is 0 Å². The lowest BCUT2D eigenvalue weighted by Crippen LogP contribution is -2.04. The van der Waals surface area contributed by atoms with E-state index in [-0.39, 0.29) is 0 Å². The first-order valence-electron chi connectivity index (χ1n) is 4.59. The van der Waals surface area contributed by atoms with Gasteiger partial charge in [-0.25, -0.2) is 8.42 Å². The van der Waals surface area contributed by atoms with Crippen LogP contribution < -0.4 is 0 Å². The van der Waals surface area contributed by atoms with Gasteiger partial charge in [-0.15, -0.1) is 0 Å². The van der Waals surface area contributed by atoms with Crippen LogP contribution in [0.25, 0.3) is 0 Å². The van der Waals surface area contributed by atoms with Gasteiger partial charge in [0.05, 0.1) is 4.91 Å². The second-order valence-corrected chi connectivity index (χ2v) is 4.79. The van der Waals surface area contributed by atoms with Gasteiger partial charge in [0.25, 0.3) is 0 Å². The average Bonchev–Trinajstić information content (AvgIpc) is 2.07. The van der Waals surface area contributed by atoms with Crippen LogP contribution in [0, 0.1) is 0 Å². The Morgan fingerprint density at radius 1 is 1.15 bits per heavy atom. The minimum absolute atomic E-state index is 0.503. The van der Waals surface area contributed by atoms with Gasteiger partial charge < -0.3 is 0 Å². The first-order valence-corrected chi connectivity index (χ1v) is 6.48. The highest BCUT2D eigenvalue weighted by molar-refractivity contribution is 7.94. The van der Waals surface area contributed by atoms with Gasteiger partial charge >= 0.3 is 0 Å². The van der Waals surface area contributed by atoms with E-state index in [1.54, 1.807) is 6.08 Å². The molecular formula is C10H18O2S. The highest BCUT2D eigenvalue weighted by Gasteiger charge is 2.14. The van der Waals surface area contributed by atoms with Crippen LogP contribution in [0.3, 0.4) is 0 Å². The van der Waals surface area contributed by atoms with Crippen molar-refractivity contribution in [1.82, 2.24) is 0 Å². The molecule has 0 radical (unpaired) electrons. The van der Waals surface area contributed by atoms with E-state index < -0.39 is 9.84 Å². The number of sulfone groups is 1. The summed E-state index contributed by atoms with van der Waals surface area (Å²) >= 11 is 0. The molecule has 0 bridgehead atoms. The normalized spacial score (nSPS) is 16.6. The molecule has 13 heavy (non-hydrogen) atoms. The van der Waals surface area contributed by atoms with Crippen molar-refractivity contribution >= 4 is 9.84 Å². The van der Waals surface area contributed by atoms with Crippen LogP contribution in [-0.4, -0.2) is 14.7 Å². The zero-order chi connectivity index (χ0) is 10.5. The molecule has 0 saturated carbocycles. The maximum absolute atomic E-state index is 11.1. The van der Waals surface area contributed by atoms with Gasteiger partial charge in [0, 0.05) is 6.26 Å². The summed E-state index contributed by atoms with van der Waals surface area (Å²) in [5.41, 5.74) is 0.888. The van der Waals surface area contributed by atoms with Gasteiger partial charge in [0.1, 0.15) is 0 Å². The molecule has 0 aliphatic heterocycles. The molecule has 0 saturated heterocycles. The monoisotopic (exact) mass is 202 g/mol. The number of rotatable bonds is 1. The summed E-state index contributed by atoms with van der Waals surface area (Å²) in [6.07, 6.45) is 6.83. The third-order valence-electron chi connectivity index (χ3n) is 1.74. The van der Waals surface area contributed by atoms with Crippen molar-refractivity contribution in [3.63, 3.8) is 0 Å². The molecule has 0 aromatic carbocycles. The SMILES string of the molecule is CC.CC1=CCCC=C1S(C)(=O)=O. The minimum atomic E-state index is -2.98. The van der Waals surface area contributed by atoms with E-state index in [1.165, 1.54) is 6.26 Å². The molecule has 0 fully saturated rings. The fourth-order valence-electron chi connectivity index (χ4n) is 1.22. The molecule has 0 aromatic heterocycles. The molecule has 0 amide bonds. The summed E-state index contributed by atoms with van der Waals surface area (Å²) in [5, 5.41) is 0. The fourth-order valence-corrected chi connectivity index (χ4v) is 2.31. The Morgan fingerprint density at radius 2 is 1.62 bits per heavy atom. The van der Waals surface area contributed by atoms with Crippen LogP contribution in [0.2, 0.25) is 0 Å². The second kappa shape index (κ2) is 5.22. The maximum Gasteiger partial charge on any atom is 0.175 e. The summed E-state index contributed by atoms with van der Waals surface area (Å²) in [6.45, 7) is 5.84. The second-order valence-electron chi connectivity index (χ2n) is 2.81. The Hall–Kier alpha value is -0.570. The van der Waals surface area contributed by atoms with Crippen molar-refractivity contribution in [2.45, 2.75) is 33.6 Å². The molecule has 1 aliphatic carbocycles. The van der Waals surface area contributed by atoms with Crippen LogP contribution in [-0.2, 0) is 9.84 Å². The largest absolute Gasteiger partial charge is 0.224 e. The van der Waals surface area contributed by atoms with Crippen molar-refractivity contribution in [2.75, 3.05) is 6.26 Å². The van der Waals surface area contributed by atoms with Gasteiger partial charge in [-0.2, -0.15) is 0 Å². The molecule has 2 nitrogen and oxygen atoms in total. The Kier molecular flexibility index (Phi) is 4.99. The summed E-state index contributed by atoms with van der Waals surface area (Å²) in [7, 11) is -2.98. The molecule has 1 aliphatic rings. The Labute approximate surface area is 81.3 Å². The highest BCUT2D eigenvalue weighted by Crippen LogP contribution is 2.21. The zero-order valence-corrected chi connectivity index (χ0v) is 9.61. The van der Waals surface area contributed by atoms with E-state index in [2.05, 4.69) is 0 Å². The number of hydrogen-bond acceptors (Lipinski definition) is 2. The van der Waals surface area contributed by atoms with Gasteiger partial charge in [-0.1, -0.05) is 26.0 Å². The van der Waals surface area contributed by atoms with Gasteiger partial charge in [0.2, 0.25) is 0 Å². The molecule has 0 aromatic rings. The lowest BCUT2D eigenvalue weighted by molar-refractivity contribution is 0.607. The van der Waals surface area contributed by atoms with Crippen molar-refractivity contribution < 1.29 is 8.42 Å². The molecule has 0 atom stereocenters. The minimum Gasteiger partial charge on any atom is -0.224 e. The van der Waals surface area contributed by atoms with Crippen LogP contribution in [0.4, 0.5) is 0 Å². The fraction of sp³-hybridized carbons (Fsp3) is 0.600. The average molecular weight is 202 g/mol. The third kappa shape index (κ3) is 3.77. The van der Waals surface area contributed by atoms with Crippen LogP contribution in [0.5, 0.6) is 0 Å². The van der Waals surface area contributed by atoms with Crippen molar-refractivity contribution in [1.29, 1.82) is 0 Å². The van der Waals surface area contributed by atoms with Crippen LogP contribution in [0.15, 0.2) is 22.6 Å². The molecule has 0 unspecified atom stereocenters. The first kappa shape index (κ1) is 12.4. The third-order valence-corrected chi connectivity index (χ3v) is 3.02. The number of hydrogen-bond donors (Lipinski definition) is 0. The zero-order valence-electron chi connectivity index (χ0n) is 8.79. The maximum atomic E-state index is 11.1. The molecule has 0 heterocycles. The van der Waals surface area contributed by atoms with Crippen molar-refractivity contribution in [3.05, 3.63) is 22.6 Å². The summed E-state index contributed by atoms with van der Waals surface area (Å²) in [6, 6.07) is 0. The van der Waals surface area contributed by atoms with E-state index >= 15 is 0 Å². The molecule has 0 N–H and O–H groups in total. The Balaban J connectivity index is 0.000000671. The number of allylic oxidation sites excluding steroid dienone is 3. The topological polar surface area (TPSA) is 34.1 Å².